The van der Waals surface area contributed by atoms with E-state index in [2.05, 4.69) is 19.1 Å². The molecule has 0 aliphatic rings. The van der Waals surface area contributed by atoms with Crippen LogP contribution in [0.4, 0.5) is 0 Å². The molecular weight excluding hydrogens is 146 g/mol. The number of unbranched alkanes of at least 4 members (excludes halogenated alkanes) is 2. The van der Waals surface area contributed by atoms with E-state index in [1.165, 1.54) is 12.8 Å². The van der Waals surface area contributed by atoms with Gasteiger partial charge < -0.3 is 0 Å². The number of hydrogen-bond acceptors (Lipinski definition) is 1. The molecular formula is C11H17N. The minimum Gasteiger partial charge on any atom is -0.193 e. The lowest BCUT2D eigenvalue weighted by atomic mass is 10.1. The summed E-state index contributed by atoms with van der Waals surface area (Å²) >= 11 is 0. The van der Waals surface area contributed by atoms with Gasteiger partial charge in [-0.1, -0.05) is 31.9 Å². The molecule has 0 aliphatic carbocycles. The van der Waals surface area contributed by atoms with Crippen LogP contribution in [-0.2, 0) is 0 Å². The van der Waals surface area contributed by atoms with E-state index in [-0.39, 0.29) is 0 Å². The van der Waals surface area contributed by atoms with E-state index in [9.17, 15) is 0 Å². The summed E-state index contributed by atoms with van der Waals surface area (Å²) in [5.74, 6) is 0. The van der Waals surface area contributed by atoms with Crippen LogP contribution in [0.25, 0.3) is 0 Å². The molecule has 0 N–H and O–H groups in total. The maximum Gasteiger partial charge on any atom is 0.0946 e. The fourth-order valence-electron chi connectivity index (χ4n) is 0.795. The van der Waals surface area contributed by atoms with Crippen LogP contribution in [0.2, 0.25) is 0 Å². The van der Waals surface area contributed by atoms with Crippen molar-refractivity contribution in [3.05, 3.63) is 23.3 Å². The molecule has 0 fully saturated rings. The fourth-order valence-corrected chi connectivity index (χ4v) is 0.795. The highest BCUT2D eigenvalue weighted by Crippen LogP contribution is 2.05. The molecule has 0 bridgehead atoms. The lowest BCUT2D eigenvalue weighted by Crippen LogP contribution is -1.76. The SMILES string of the molecule is CCCCC=CC(C)=C(C)C#N. The molecule has 0 aromatic heterocycles. The third-order valence-electron chi connectivity index (χ3n) is 1.85. The third kappa shape index (κ3) is 4.73. The summed E-state index contributed by atoms with van der Waals surface area (Å²) in [6, 6.07) is 2.13. The van der Waals surface area contributed by atoms with Crippen molar-refractivity contribution in [3.8, 4) is 6.07 Å². The molecule has 0 aromatic rings. The van der Waals surface area contributed by atoms with Gasteiger partial charge >= 0.3 is 0 Å². The quantitative estimate of drug-likeness (QED) is 0.353. The highest BCUT2D eigenvalue weighted by atomic mass is 14.2. The number of nitrogens with zero attached hydrogens (tertiary/aromatic N) is 1. The van der Waals surface area contributed by atoms with E-state index in [1.54, 1.807) is 0 Å². The molecule has 0 radical (unpaired) electrons. The summed E-state index contributed by atoms with van der Waals surface area (Å²) in [6.07, 6.45) is 7.75. The molecule has 0 saturated carbocycles. The summed E-state index contributed by atoms with van der Waals surface area (Å²) in [5.41, 5.74) is 1.89. The Balaban J connectivity index is 3.93. The summed E-state index contributed by atoms with van der Waals surface area (Å²) < 4.78 is 0. The average Bonchev–Trinajstić information content (AvgIpc) is 2.10. The first-order valence-electron chi connectivity index (χ1n) is 4.46. The van der Waals surface area contributed by atoms with E-state index >= 15 is 0 Å². The van der Waals surface area contributed by atoms with Crippen molar-refractivity contribution >= 4 is 0 Å². The Morgan fingerprint density at radius 2 is 2.08 bits per heavy atom. The molecule has 1 nitrogen and oxygen atoms in total. The van der Waals surface area contributed by atoms with E-state index < -0.39 is 0 Å². The Labute approximate surface area is 75.4 Å². The Kier molecular flexibility index (Phi) is 6.09. The highest BCUT2D eigenvalue weighted by Gasteiger charge is 1.88. The van der Waals surface area contributed by atoms with Crippen molar-refractivity contribution in [1.29, 1.82) is 5.26 Å². The van der Waals surface area contributed by atoms with Crippen LogP contribution in [0.1, 0.15) is 40.0 Å². The Morgan fingerprint density at radius 3 is 2.58 bits per heavy atom. The molecule has 0 atom stereocenters. The molecule has 0 heterocycles. The lowest BCUT2D eigenvalue weighted by molar-refractivity contribution is 0.814. The van der Waals surface area contributed by atoms with E-state index in [0.29, 0.717) is 0 Å². The molecule has 0 aliphatic heterocycles. The Hall–Kier alpha value is -1.03. The Morgan fingerprint density at radius 1 is 1.42 bits per heavy atom. The van der Waals surface area contributed by atoms with Gasteiger partial charge in [-0.15, -0.1) is 0 Å². The van der Waals surface area contributed by atoms with Crippen LogP contribution >= 0.6 is 0 Å². The number of allylic oxidation sites excluding steroid dienone is 4. The van der Waals surface area contributed by atoms with E-state index in [0.717, 1.165) is 17.6 Å². The van der Waals surface area contributed by atoms with Crippen LogP contribution in [0.15, 0.2) is 23.3 Å². The standard InChI is InChI=1S/C11H17N/c1-4-5-6-7-8-10(2)11(3)9-12/h7-8H,4-6H2,1-3H3. The van der Waals surface area contributed by atoms with Crippen LogP contribution in [0, 0.1) is 11.3 Å². The summed E-state index contributed by atoms with van der Waals surface area (Å²) in [6.45, 7) is 6.00. The van der Waals surface area contributed by atoms with E-state index in [1.807, 2.05) is 19.9 Å². The molecule has 0 spiro atoms. The first kappa shape index (κ1) is 11.0. The molecule has 0 aromatic carbocycles. The molecule has 0 unspecified atom stereocenters. The molecule has 1 heteroatoms. The summed E-state index contributed by atoms with van der Waals surface area (Å²) in [4.78, 5) is 0. The molecule has 66 valence electrons. The number of hydrogen-bond donors (Lipinski definition) is 0. The van der Waals surface area contributed by atoms with Crippen LogP contribution in [-0.4, -0.2) is 0 Å². The van der Waals surface area contributed by atoms with Crippen molar-refractivity contribution in [2.75, 3.05) is 0 Å². The van der Waals surface area contributed by atoms with Crippen LogP contribution in [0.3, 0.4) is 0 Å². The summed E-state index contributed by atoms with van der Waals surface area (Å²) in [5, 5.41) is 8.57. The molecule has 0 saturated heterocycles. The van der Waals surface area contributed by atoms with Gasteiger partial charge in [0.2, 0.25) is 0 Å². The number of nitriles is 1. The highest BCUT2D eigenvalue weighted by molar-refractivity contribution is 5.31. The van der Waals surface area contributed by atoms with Gasteiger partial charge in [-0.25, -0.2) is 0 Å². The second-order valence-corrected chi connectivity index (χ2v) is 2.96. The zero-order valence-electron chi connectivity index (χ0n) is 8.22. The van der Waals surface area contributed by atoms with Crippen molar-refractivity contribution in [2.45, 2.75) is 40.0 Å². The van der Waals surface area contributed by atoms with Gasteiger partial charge in [0, 0.05) is 5.57 Å². The Bertz CT molecular complexity index is 216. The van der Waals surface area contributed by atoms with Gasteiger partial charge in [-0.3, -0.25) is 0 Å². The minimum absolute atomic E-state index is 0.808. The second-order valence-electron chi connectivity index (χ2n) is 2.96. The van der Waals surface area contributed by atoms with Gasteiger partial charge in [0.05, 0.1) is 6.07 Å². The van der Waals surface area contributed by atoms with Gasteiger partial charge in [0.15, 0.2) is 0 Å². The van der Waals surface area contributed by atoms with Gasteiger partial charge in [-0.2, -0.15) is 5.26 Å². The first-order valence-corrected chi connectivity index (χ1v) is 4.46. The predicted molar refractivity (Wildman–Crippen MR) is 52.7 cm³/mol. The molecule has 0 rings (SSSR count). The summed E-state index contributed by atoms with van der Waals surface area (Å²) in [7, 11) is 0. The zero-order valence-corrected chi connectivity index (χ0v) is 8.22. The minimum atomic E-state index is 0.808. The average molecular weight is 163 g/mol. The van der Waals surface area contributed by atoms with Gasteiger partial charge in [0.25, 0.3) is 0 Å². The predicted octanol–water partition coefficient (Wildman–Crippen LogP) is 3.59. The topological polar surface area (TPSA) is 23.8 Å². The van der Waals surface area contributed by atoms with Crippen molar-refractivity contribution < 1.29 is 0 Å². The van der Waals surface area contributed by atoms with Crippen molar-refractivity contribution in [1.82, 2.24) is 0 Å². The van der Waals surface area contributed by atoms with Gasteiger partial charge in [0.1, 0.15) is 0 Å². The van der Waals surface area contributed by atoms with E-state index in [4.69, 9.17) is 5.26 Å². The maximum absolute atomic E-state index is 8.57. The normalized spacial score (nSPS) is 12.8. The lowest BCUT2D eigenvalue weighted by Gasteiger charge is -1.92. The maximum atomic E-state index is 8.57. The fraction of sp³-hybridized carbons (Fsp3) is 0.545. The first-order chi connectivity index (χ1) is 5.72. The van der Waals surface area contributed by atoms with Crippen LogP contribution in [0.5, 0.6) is 0 Å². The second kappa shape index (κ2) is 6.67. The molecule has 0 amide bonds. The van der Waals surface area contributed by atoms with Crippen LogP contribution < -0.4 is 0 Å². The van der Waals surface area contributed by atoms with Crippen molar-refractivity contribution in [3.63, 3.8) is 0 Å². The third-order valence-corrected chi connectivity index (χ3v) is 1.85. The zero-order chi connectivity index (χ0) is 9.40. The number of rotatable bonds is 4. The molecule has 12 heavy (non-hydrogen) atoms. The monoisotopic (exact) mass is 163 g/mol. The van der Waals surface area contributed by atoms with Gasteiger partial charge in [-0.05, 0) is 25.8 Å². The smallest absolute Gasteiger partial charge is 0.0946 e. The largest absolute Gasteiger partial charge is 0.193 e. The van der Waals surface area contributed by atoms with Crippen molar-refractivity contribution in [2.24, 2.45) is 0 Å².